The van der Waals surface area contributed by atoms with Crippen molar-refractivity contribution in [3.63, 3.8) is 0 Å². The van der Waals surface area contributed by atoms with Gasteiger partial charge < -0.3 is 9.64 Å². The van der Waals surface area contributed by atoms with Gasteiger partial charge in [-0.1, -0.05) is 13.0 Å². The van der Waals surface area contributed by atoms with Gasteiger partial charge >= 0.3 is 0 Å². The standard InChI is InChI=1S/C15H18N2O2/c1-11-4-3-7-17(15(11)18)10-12-5-6-13(9-16)14(8-12)19-2/h5-6,8,11H,3-4,7,10H2,1-2H3. The van der Waals surface area contributed by atoms with Gasteiger partial charge in [-0.2, -0.15) is 5.26 Å². The number of rotatable bonds is 3. The molecule has 2 rings (SSSR count). The molecule has 1 heterocycles. The van der Waals surface area contributed by atoms with E-state index in [2.05, 4.69) is 6.07 Å². The molecular formula is C15H18N2O2. The van der Waals surface area contributed by atoms with Crippen molar-refractivity contribution in [2.75, 3.05) is 13.7 Å². The van der Waals surface area contributed by atoms with E-state index in [0.29, 0.717) is 17.9 Å². The lowest BCUT2D eigenvalue weighted by molar-refractivity contribution is -0.138. The smallest absolute Gasteiger partial charge is 0.225 e. The van der Waals surface area contributed by atoms with Crippen molar-refractivity contribution in [3.8, 4) is 11.8 Å². The van der Waals surface area contributed by atoms with E-state index in [4.69, 9.17) is 10.00 Å². The summed E-state index contributed by atoms with van der Waals surface area (Å²) < 4.78 is 5.19. The van der Waals surface area contributed by atoms with Crippen LogP contribution in [0.2, 0.25) is 0 Å². The number of methoxy groups -OCH3 is 1. The Morgan fingerprint density at radius 1 is 1.53 bits per heavy atom. The summed E-state index contributed by atoms with van der Waals surface area (Å²) in [6.07, 6.45) is 2.03. The number of carbonyl (C=O) groups is 1. The summed E-state index contributed by atoms with van der Waals surface area (Å²) >= 11 is 0. The summed E-state index contributed by atoms with van der Waals surface area (Å²) in [5.41, 5.74) is 1.52. The second kappa shape index (κ2) is 5.75. The number of carbonyl (C=O) groups excluding carboxylic acids is 1. The number of likely N-dealkylation sites (tertiary alicyclic amines) is 1. The van der Waals surface area contributed by atoms with Crippen LogP contribution in [0.4, 0.5) is 0 Å². The van der Waals surface area contributed by atoms with E-state index in [0.717, 1.165) is 24.9 Å². The fraction of sp³-hybridized carbons (Fsp3) is 0.467. The van der Waals surface area contributed by atoms with Crippen LogP contribution in [0.1, 0.15) is 30.9 Å². The number of ether oxygens (including phenoxy) is 1. The first-order valence-electron chi connectivity index (χ1n) is 6.51. The van der Waals surface area contributed by atoms with Crippen LogP contribution in [0.15, 0.2) is 18.2 Å². The van der Waals surface area contributed by atoms with Crippen molar-refractivity contribution < 1.29 is 9.53 Å². The van der Waals surface area contributed by atoms with Crippen LogP contribution in [0, 0.1) is 17.2 Å². The third kappa shape index (κ3) is 2.87. The molecule has 1 fully saturated rings. The lowest BCUT2D eigenvalue weighted by atomic mass is 9.98. The van der Waals surface area contributed by atoms with Crippen molar-refractivity contribution in [3.05, 3.63) is 29.3 Å². The summed E-state index contributed by atoms with van der Waals surface area (Å²) in [6.45, 7) is 3.38. The van der Waals surface area contributed by atoms with Gasteiger partial charge in [-0.15, -0.1) is 0 Å². The Labute approximate surface area is 113 Å². The van der Waals surface area contributed by atoms with Crippen LogP contribution in [-0.2, 0) is 11.3 Å². The number of piperidine rings is 1. The van der Waals surface area contributed by atoms with Crippen LogP contribution >= 0.6 is 0 Å². The SMILES string of the molecule is COc1cc(CN2CCCC(C)C2=O)ccc1C#N. The molecule has 4 heteroatoms. The van der Waals surface area contributed by atoms with Crippen LogP contribution < -0.4 is 4.74 Å². The predicted molar refractivity (Wildman–Crippen MR) is 71.5 cm³/mol. The highest BCUT2D eigenvalue weighted by Crippen LogP contribution is 2.23. The number of benzene rings is 1. The average Bonchev–Trinajstić information content (AvgIpc) is 2.43. The Hall–Kier alpha value is -2.02. The minimum Gasteiger partial charge on any atom is -0.495 e. The zero-order chi connectivity index (χ0) is 13.8. The van der Waals surface area contributed by atoms with Crippen molar-refractivity contribution in [1.29, 1.82) is 5.26 Å². The first-order chi connectivity index (χ1) is 9.15. The number of nitrogens with zero attached hydrogens (tertiary/aromatic N) is 2. The fourth-order valence-corrected chi connectivity index (χ4v) is 2.44. The van der Waals surface area contributed by atoms with Crippen LogP contribution in [0.3, 0.4) is 0 Å². The van der Waals surface area contributed by atoms with Crippen LogP contribution in [0.25, 0.3) is 0 Å². The van der Waals surface area contributed by atoms with Gasteiger partial charge in [0.1, 0.15) is 11.8 Å². The summed E-state index contributed by atoms with van der Waals surface area (Å²) in [4.78, 5) is 13.9. The van der Waals surface area contributed by atoms with Gasteiger partial charge in [0, 0.05) is 19.0 Å². The zero-order valence-corrected chi connectivity index (χ0v) is 11.3. The number of amides is 1. The molecule has 1 aliphatic rings. The maximum Gasteiger partial charge on any atom is 0.225 e. The van der Waals surface area contributed by atoms with E-state index in [1.807, 2.05) is 24.0 Å². The lowest BCUT2D eigenvalue weighted by Crippen LogP contribution is -2.39. The third-order valence-electron chi connectivity index (χ3n) is 3.56. The van der Waals surface area contributed by atoms with E-state index in [1.165, 1.54) is 0 Å². The molecule has 0 radical (unpaired) electrons. The van der Waals surface area contributed by atoms with Gasteiger partial charge in [0.05, 0.1) is 12.7 Å². The molecule has 1 aliphatic heterocycles. The molecule has 1 aromatic rings. The van der Waals surface area contributed by atoms with Gasteiger partial charge in [0.2, 0.25) is 5.91 Å². The molecule has 0 bridgehead atoms. The molecule has 0 saturated carbocycles. The Morgan fingerprint density at radius 2 is 2.32 bits per heavy atom. The second-order valence-corrected chi connectivity index (χ2v) is 4.95. The highest BCUT2D eigenvalue weighted by atomic mass is 16.5. The average molecular weight is 258 g/mol. The largest absolute Gasteiger partial charge is 0.495 e. The van der Waals surface area contributed by atoms with Gasteiger partial charge in [0.15, 0.2) is 0 Å². The molecule has 0 spiro atoms. The first-order valence-corrected chi connectivity index (χ1v) is 6.51. The second-order valence-electron chi connectivity index (χ2n) is 4.95. The molecule has 19 heavy (non-hydrogen) atoms. The van der Waals surface area contributed by atoms with Gasteiger partial charge in [-0.25, -0.2) is 0 Å². The molecule has 100 valence electrons. The molecule has 1 unspecified atom stereocenters. The molecule has 1 saturated heterocycles. The molecule has 0 aliphatic carbocycles. The van der Waals surface area contributed by atoms with E-state index in [9.17, 15) is 4.79 Å². The van der Waals surface area contributed by atoms with Gasteiger partial charge in [-0.05, 0) is 30.5 Å². The topological polar surface area (TPSA) is 53.3 Å². The Kier molecular flexibility index (Phi) is 4.06. The van der Waals surface area contributed by atoms with E-state index >= 15 is 0 Å². The predicted octanol–water partition coefficient (Wildman–Crippen LogP) is 2.33. The maximum absolute atomic E-state index is 12.0. The molecule has 1 aromatic carbocycles. The number of hydrogen-bond donors (Lipinski definition) is 0. The third-order valence-corrected chi connectivity index (χ3v) is 3.56. The van der Waals surface area contributed by atoms with E-state index < -0.39 is 0 Å². The Balaban J connectivity index is 2.15. The number of hydrogen-bond acceptors (Lipinski definition) is 3. The van der Waals surface area contributed by atoms with E-state index in [1.54, 1.807) is 13.2 Å². The number of nitriles is 1. The minimum atomic E-state index is 0.119. The Bertz CT molecular complexity index is 519. The molecule has 1 atom stereocenters. The molecule has 0 N–H and O–H groups in total. The zero-order valence-electron chi connectivity index (χ0n) is 11.3. The van der Waals surface area contributed by atoms with Crippen molar-refractivity contribution >= 4 is 5.91 Å². The molecule has 1 amide bonds. The monoisotopic (exact) mass is 258 g/mol. The quantitative estimate of drug-likeness (QED) is 0.836. The maximum atomic E-state index is 12.0. The highest BCUT2D eigenvalue weighted by Gasteiger charge is 2.25. The molecule has 0 aromatic heterocycles. The summed E-state index contributed by atoms with van der Waals surface area (Å²) in [5, 5.41) is 8.94. The molecule has 4 nitrogen and oxygen atoms in total. The first kappa shape index (κ1) is 13.4. The van der Waals surface area contributed by atoms with Gasteiger partial charge in [-0.3, -0.25) is 4.79 Å². The highest BCUT2D eigenvalue weighted by molar-refractivity contribution is 5.79. The summed E-state index contributed by atoms with van der Waals surface area (Å²) in [7, 11) is 1.55. The van der Waals surface area contributed by atoms with Gasteiger partial charge in [0.25, 0.3) is 0 Å². The normalized spacial score (nSPS) is 19.1. The Morgan fingerprint density at radius 3 is 3.00 bits per heavy atom. The fourth-order valence-electron chi connectivity index (χ4n) is 2.44. The summed E-state index contributed by atoms with van der Waals surface area (Å²) in [5.74, 6) is 0.904. The lowest BCUT2D eigenvalue weighted by Gasteiger charge is -2.30. The van der Waals surface area contributed by atoms with Crippen LogP contribution in [-0.4, -0.2) is 24.5 Å². The van der Waals surface area contributed by atoms with Crippen molar-refractivity contribution in [2.24, 2.45) is 5.92 Å². The molecular weight excluding hydrogens is 240 g/mol. The van der Waals surface area contributed by atoms with Crippen LogP contribution in [0.5, 0.6) is 5.75 Å². The minimum absolute atomic E-state index is 0.119. The van der Waals surface area contributed by atoms with Crippen molar-refractivity contribution in [2.45, 2.75) is 26.3 Å². The van der Waals surface area contributed by atoms with E-state index in [-0.39, 0.29) is 11.8 Å². The summed E-state index contributed by atoms with van der Waals surface area (Å²) in [6, 6.07) is 7.55. The van der Waals surface area contributed by atoms with Crippen molar-refractivity contribution in [1.82, 2.24) is 4.90 Å².